The molecule has 0 atom stereocenters. The molecule has 2 rings (SSSR count). The molecule has 1 aliphatic heterocycles. The van der Waals surface area contributed by atoms with Crippen LogP contribution >= 0.6 is 24.0 Å². The number of halogens is 1. The van der Waals surface area contributed by atoms with E-state index >= 15 is 0 Å². The molecule has 0 aromatic carbocycles. The van der Waals surface area contributed by atoms with Crippen molar-refractivity contribution < 1.29 is 0 Å². The molecule has 0 bridgehead atoms. The van der Waals surface area contributed by atoms with Crippen molar-refractivity contribution in [3.05, 3.63) is 24.0 Å². The van der Waals surface area contributed by atoms with Crippen LogP contribution in [0.5, 0.6) is 0 Å². The number of aryl methyl sites for hydroxylation is 1. The van der Waals surface area contributed by atoms with E-state index in [9.17, 15) is 0 Å². The molecule has 0 saturated carbocycles. The van der Waals surface area contributed by atoms with Gasteiger partial charge in [0.05, 0.1) is 6.54 Å². The molecule has 0 spiro atoms. The lowest BCUT2D eigenvalue weighted by molar-refractivity contribution is 0.277. The highest BCUT2D eigenvalue weighted by atomic mass is 127. The molecular formula is C13H23IN4. The summed E-state index contributed by atoms with van der Waals surface area (Å²) in [5.41, 5.74) is 7.23. The van der Waals surface area contributed by atoms with Crippen molar-refractivity contribution in [2.75, 3.05) is 13.1 Å². The lowest BCUT2D eigenvalue weighted by atomic mass is 10.00. The third-order valence-corrected chi connectivity index (χ3v) is 3.42. The zero-order valence-electron chi connectivity index (χ0n) is 11.2. The van der Waals surface area contributed by atoms with Gasteiger partial charge in [-0.1, -0.05) is 6.92 Å². The van der Waals surface area contributed by atoms with E-state index in [0.29, 0.717) is 12.5 Å². The maximum Gasteiger partial charge on any atom is 0.191 e. The van der Waals surface area contributed by atoms with Crippen LogP contribution in [0.1, 0.15) is 25.3 Å². The maximum atomic E-state index is 6.02. The summed E-state index contributed by atoms with van der Waals surface area (Å²) in [5, 5.41) is 0. The lowest BCUT2D eigenvalue weighted by Crippen LogP contribution is -2.42. The van der Waals surface area contributed by atoms with Gasteiger partial charge in [-0.25, -0.2) is 4.99 Å². The maximum absolute atomic E-state index is 6.02. The third-order valence-electron chi connectivity index (χ3n) is 3.42. The highest BCUT2D eigenvalue weighted by Crippen LogP contribution is 2.15. The van der Waals surface area contributed by atoms with Crippen molar-refractivity contribution in [3.8, 4) is 0 Å². The Hall–Kier alpha value is -0.720. The van der Waals surface area contributed by atoms with E-state index in [1.165, 1.54) is 18.4 Å². The minimum atomic E-state index is 0. The predicted octanol–water partition coefficient (Wildman–Crippen LogP) is 2.19. The Morgan fingerprint density at radius 2 is 2.11 bits per heavy atom. The van der Waals surface area contributed by atoms with Gasteiger partial charge in [0.15, 0.2) is 5.96 Å². The first-order valence-electron chi connectivity index (χ1n) is 6.31. The number of nitrogens with zero attached hydrogens (tertiary/aromatic N) is 3. The molecule has 1 saturated heterocycles. The van der Waals surface area contributed by atoms with E-state index in [2.05, 4.69) is 29.1 Å². The predicted molar refractivity (Wildman–Crippen MR) is 86.1 cm³/mol. The van der Waals surface area contributed by atoms with Crippen molar-refractivity contribution >= 4 is 29.9 Å². The van der Waals surface area contributed by atoms with Crippen LogP contribution in [0.15, 0.2) is 23.5 Å². The Morgan fingerprint density at radius 1 is 1.44 bits per heavy atom. The van der Waals surface area contributed by atoms with E-state index < -0.39 is 0 Å². The smallest absolute Gasteiger partial charge is 0.191 e. The molecule has 1 aromatic heterocycles. The van der Waals surface area contributed by atoms with Gasteiger partial charge in [0.2, 0.25) is 0 Å². The van der Waals surface area contributed by atoms with Crippen LogP contribution in [0, 0.1) is 5.92 Å². The summed E-state index contributed by atoms with van der Waals surface area (Å²) in [5.74, 6) is 1.52. The minimum Gasteiger partial charge on any atom is -0.370 e. The fourth-order valence-electron chi connectivity index (χ4n) is 2.16. The second kappa shape index (κ2) is 7.01. The molecule has 2 heterocycles. The molecule has 0 amide bonds. The van der Waals surface area contributed by atoms with Gasteiger partial charge in [0, 0.05) is 32.5 Å². The normalized spacial score (nSPS) is 17.7. The quantitative estimate of drug-likeness (QED) is 0.498. The van der Waals surface area contributed by atoms with Gasteiger partial charge in [-0.2, -0.15) is 0 Å². The average molecular weight is 362 g/mol. The summed E-state index contributed by atoms with van der Waals surface area (Å²) in [7, 11) is 2.02. The first-order valence-corrected chi connectivity index (χ1v) is 6.31. The number of hydrogen-bond donors (Lipinski definition) is 1. The molecule has 0 unspecified atom stereocenters. The second-order valence-electron chi connectivity index (χ2n) is 5.03. The minimum absolute atomic E-state index is 0. The highest BCUT2D eigenvalue weighted by molar-refractivity contribution is 14.0. The van der Waals surface area contributed by atoms with Crippen LogP contribution < -0.4 is 5.73 Å². The van der Waals surface area contributed by atoms with Gasteiger partial charge in [-0.15, -0.1) is 24.0 Å². The van der Waals surface area contributed by atoms with Crippen LogP contribution in [0.2, 0.25) is 0 Å². The van der Waals surface area contributed by atoms with Crippen LogP contribution in [-0.4, -0.2) is 28.5 Å². The molecule has 1 aromatic rings. The monoisotopic (exact) mass is 362 g/mol. The molecule has 0 aliphatic carbocycles. The highest BCUT2D eigenvalue weighted by Gasteiger charge is 2.16. The Labute approximate surface area is 126 Å². The van der Waals surface area contributed by atoms with Crippen molar-refractivity contribution in [1.82, 2.24) is 9.47 Å². The summed E-state index contributed by atoms with van der Waals surface area (Å²) in [6.45, 7) is 5.07. The fraction of sp³-hybridized carbons (Fsp3) is 0.615. The zero-order valence-corrected chi connectivity index (χ0v) is 13.5. The fourth-order valence-corrected chi connectivity index (χ4v) is 2.16. The van der Waals surface area contributed by atoms with E-state index in [1.54, 1.807) is 0 Å². The van der Waals surface area contributed by atoms with Crippen LogP contribution in [0.3, 0.4) is 0 Å². The summed E-state index contributed by atoms with van der Waals surface area (Å²) >= 11 is 0. The number of rotatable bonds is 2. The first-order chi connectivity index (χ1) is 8.15. The van der Waals surface area contributed by atoms with Crippen molar-refractivity contribution in [1.29, 1.82) is 0 Å². The van der Waals surface area contributed by atoms with Crippen molar-refractivity contribution in [2.45, 2.75) is 26.3 Å². The number of guanidine groups is 1. The van der Waals surface area contributed by atoms with Crippen LogP contribution in [0.4, 0.5) is 0 Å². The number of nitrogens with two attached hydrogens (primary N) is 1. The topological polar surface area (TPSA) is 46.5 Å². The largest absolute Gasteiger partial charge is 0.370 e. The standard InChI is InChI=1S/C13H22N4.HI/c1-11-3-7-17(8-4-11)13(14)15-9-12-5-6-16(2)10-12;/h5-6,10-11H,3-4,7-9H2,1-2H3,(H2,14,15);1H. The van der Waals surface area contributed by atoms with Crippen LogP contribution in [0.25, 0.3) is 0 Å². The molecule has 4 nitrogen and oxygen atoms in total. The Balaban J connectivity index is 0.00000162. The first kappa shape index (κ1) is 15.3. The molecule has 0 radical (unpaired) electrons. The summed E-state index contributed by atoms with van der Waals surface area (Å²) in [6.07, 6.45) is 6.56. The molecule has 2 N–H and O–H groups in total. The number of likely N-dealkylation sites (tertiary alicyclic amines) is 1. The van der Waals surface area contributed by atoms with Gasteiger partial charge in [-0.3, -0.25) is 0 Å². The van der Waals surface area contributed by atoms with E-state index in [1.807, 2.05) is 17.8 Å². The molecule has 102 valence electrons. The molecule has 5 heteroatoms. The lowest BCUT2D eigenvalue weighted by Gasteiger charge is -2.30. The Bertz CT molecular complexity index is 391. The number of piperidine rings is 1. The zero-order chi connectivity index (χ0) is 12.3. The van der Waals surface area contributed by atoms with Gasteiger partial charge >= 0.3 is 0 Å². The van der Waals surface area contributed by atoms with Crippen LogP contribution in [-0.2, 0) is 13.6 Å². The number of aromatic nitrogens is 1. The molecule has 18 heavy (non-hydrogen) atoms. The Kier molecular flexibility index (Phi) is 5.98. The second-order valence-corrected chi connectivity index (χ2v) is 5.03. The van der Waals surface area contributed by atoms with E-state index in [-0.39, 0.29) is 24.0 Å². The van der Waals surface area contributed by atoms with Gasteiger partial charge in [-0.05, 0) is 30.4 Å². The summed E-state index contributed by atoms with van der Waals surface area (Å²) in [6, 6.07) is 2.08. The van der Waals surface area contributed by atoms with Gasteiger partial charge in [0.25, 0.3) is 0 Å². The van der Waals surface area contributed by atoms with Crippen molar-refractivity contribution in [2.24, 2.45) is 23.7 Å². The Morgan fingerprint density at radius 3 is 2.67 bits per heavy atom. The van der Waals surface area contributed by atoms with Crippen molar-refractivity contribution in [3.63, 3.8) is 0 Å². The average Bonchev–Trinajstić information content (AvgIpc) is 2.73. The SMILES string of the molecule is CC1CCN(C(N)=NCc2ccn(C)c2)CC1.I. The molecule has 1 fully saturated rings. The number of aliphatic imine (C=N–C) groups is 1. The summed E-state index contributed by atoms with van der Waals surface area (Å²) in [4.78, 5) is 6.66. The third kappa shape index (κ3) is 4.19. The van der Waals surface area contributed by atoms with E-state index in [4.69, 9.17) is 5.73 Å². The van der Waals surface area contributed by atoms with E-state index in [0.717, 1.165) is 19.0 Å². The summed E-state index contributed by atoms with van der Waals surface area (Å²) < 4.78 is 2.03. The molecular weight excluding hydrogens is 339 g/mol. The number of hydrogen-bond acceptors (Lipinski definition) is 1. The van der Waals surface area contributed by atoms with Gasteiger partial charge in [0.1, 0.15) is 0 Å². The van der Waals surface area contributed by atoms with Gasteiger partial charge < -0.3 is 15.2 Å². The molecule has 1 aliphatic rings.